The molecule has 1 saturated carbocycles. The van der Waals surface area contributed by atoms with Crippen molar-refractivity contribution in [2.24, 2.45) is 5.92 Å². The third-order valence-electron chi connectivity index (χ3n) is 3.87. The average Bonchev–Trinajstić information content (AvgIpc) is 2.71. The van der Waals surface area contributed by atoms with E-state index in [1.165, 1.54) is 6.42 Å². The smallest absolute Gasteiger partial charge is 0.229 e. The van der Waals surface area contributed by atoms with Crippen molar-refractivity contribution in [2.45, 2.75) is 64.4 Å². The fraction of sp³-hybridized carbons (Fsp3) is 0.846. The highest BCUT2D eigenvalue weighted by Gasteiger charge is 2.37. The second kappa shape index (κ2) is 4.77. The molecule has 4 nitrogen and oxygen atoms in total. The van der Waals surface area contributed by atoms with Gasteiger partial charge in [-0.2, -0.15) is 4.98 Å². The van der Waals surface area contributed by atoms with Gasteiger partial charge in [0.15, 0.2) is 5.82 Å². The molecule has 96 valence electrons. The lowest BCUT2D eigenvalue weighted by Crippen LogP contribution is -2.41. The molecule has 17 heavy (non-hydrogen) atoms. The first kappa shape index (κ1) is 12.6. The zero-order valence-electron chi connectivity index (χ0n) is 10.9. The molecule has 0 aliphatic heterocycles. The molecule has 1 aliphatic carbocycles. The van der Waals surface area contributed by atoms with Gasteiger partial charge in [0.25, 0.3) is 0 Å². The van der Waals surface area contributed by atoms with Crippen LogP contribution in [0.5, 0.6) is 0 Å². The number of aromatic nitrogens is 2. The molecule has 2 atom stereocenters. The molecule has 0 bridgehead atoms. The van der Waals surface area contributed by atoms with Crippen molar-refractivity contribution < 1.29 is 9.63 Å². The van der Waals surface area contributed by atoms with Crippen molar-refractivity contribution in [1.29, 1.82) is 0 Å². The molecule has 0 spiro atoms. The van der Waals surface area contributed by atoms with Crippen molar-refractivity contribution in [2.75, 3.05) is 0 Å². The highest BCUT2D eigenvalue weighted by atomic mass is 16.5. The predicted molar refractivity (Wildman–Crippen MR) is 64.7 cm³/mol. The number of rotatable bonds is 3. The first-order valence-electron chi connectivity index (χ1n) is 6.56. The summed E-state index contributed by atoms with van der Waals surface area (Å²) in [6.45, 7) is 6.18. The van der Waals surface area contributed by atoms with Gasteiger partial charge in [0, 0.05) is 5.92 Å². The van der Waals surface area contributed by atoms with Crippen LogP contribution >= 0.6 is 0 Å². The molecular weight excluding hydrogens is 216 g/mol. The standard InChI is InChI=1S/C13H22N2O2/c1-9(2)12-14-11(17-15-12)8-13(16)7-5-4-6-10(13)3/h9-10,16H,4-8H2,1-3H3/t10-,13-/m1/s1. The van der Waals surface area contributed by atoms with E-state index >= 15 is 0 Å². The van der Waals surface area contributed by atoms with E-state index in [0.717, 1.165) is 25.1 Å². The van der Waals surface area contributed by atoms with Crippen molar-refractivity contribution >= 4 is 0 Å². The van der Waals surface area contributed by atoms with Crippen LogP contribution in [0.15, 0.2) is 4.52 Å². The van der Waals surface area contributed by atoms with Crippen LogP contribution in [-0.4, -0.2) is 20.8 Å². The van der Waals surface area contributed by atoms with E-state index < -0.39 is 5.60 Å². The maximum atomic E-state index is 10.6. The molecule has 0 saturated heterocycles. The quantitative estimate of drug-likeness (QED) is 0.879. The maximum Gasteiger partial charge on any atom is 0.229 e. The second-order valence-corrected chi connectivity index (χ2v) is 5.63. The molecule has 2 rings (SSSR count). The van der Waals surface area contributed by atoms with Crippen molar-refractivity contribution in [3.63, 3.8) is 0 Å². The Bertz CT molecular complexity index is 375. The SMILES string of the molecule is CC(C)c1noc(C[C@]2(O)CCCC[C@H]2C)n1. The molecule has 0 amide bonds. The van der Waals surface area contributed by atoms with Gasteiger partial charge >= 0.3 is 0 Å². The van der Waals surface area contributed by atoms with Crippen molar-refractivity contribution in [1.82, 2.24) is 10.1 Å². The van der Waals surface area contributed by atoms with Crippen LogP contribution in [0, 0.1) is 5.92 Å². The summed E-state index contributed by atoms with van der Waals surface area (Å²) in [5, 5.41) is 14.6. The summed E-state index contributed by atoms with van der Waals surface area (Å²) >= 11 is 0. The van der Waals surface area contributed by atoms with Gasteiger partial charge in [-0.05, 0) is 18.8 Å². The van der Waals surface area contributed by atoms with Gasteiger partial charge < -0.3 is 9.63 Å². The van der Waals surface area contributed by atoms with Crippen LogP contribution < -0.4 is 0 Å². The number of hydrogen-bond donors (Lipinski definition) is 1. The monoisotopic (exact) mass is 238 g/mol. The summed E-state index contributed by atoms with van der Waals surface area (Å²) in [4.78, 5) is 4.35. The molecule has 1 aromatic heterocycles. The van der Waals surface area contributed by atoms with Gasteiger partial charge in [-0.25, -0.2) is 0 Å². The van der Waals surface area contributed by atoms with Gasteiger partial charge in [-0.1, -0.05) is 38.8 Å². The van der Waals surface area contributed by atoms with Crippen LogP contribution in [0.25, 0.3) is 0 Å². The highest BCUT2D eigenvalue weighted by molar-refractivity contribution is 4.99. The molecule has 0 unspecified atom stereocenters. The predicted octanol–water partition coefficient (Wildman–Crippen LogP) is 2.68. The minimum atomic E-state index is -0.654. The van der Waals surface area contributed by atoms with Gasteiger partial charge in [0.05, 0.1) is 12.0 Å². The van der Waals surface area contributed by atoms with Crippen molar-refractivity contribution in [3.05, 3.63) is 11.7 Å². The van der Waals surface area contributed by atoms with Crippen LogP contribution in [0.3, 0.4) is 0 Å². The van der Waals surface area contributed by atoms with Crippen LogP contribution in [0.1, 0.15) is 64.1 Å². The Labute approximate surface area is 102 Å². The Morgan fingerprint density at radius 1 is 1.47 bits per heavy atom. The van der Waals surface area contributed by atoms with E-state index in [2.05, 4.69) is 17.1 Å². The molecular formula is C13H22N2O2. The first-order valence-corrected chi connectivity index (χ1v) is 6.56. The largest absolute Gasteiger partial charge is 0.389 e. The average molecular weight is 238 g/mol. The number of nitrogens with zero attached hydrogens (tertiary/aromatic N) is 2. The van der Waals surface area contributed by atoms with E-state index in [1.54, 1.807) is 0 Å². The Hall–Kier alpha value is -0.900. The third-order valence-corrected chi connectivity index (χ3v) is 3.87. The zero-order valence-corrected chi connectivity index (χ0v) is 10.9. The fourth-order valence-electron chi connectivity index (χ4n) is 2.50. The molecule has 1 N–H and O–H groups in total. The van der Waals surface area contributed by atoms with Crippen LogP contribution in [0.2, 0.25) is 0 Å². The van der Waals surface area contributed by atoms with E-state index in [-0.39, 0.29) is 5.92 Å². The first-order chi connectivity index (χ1) is 8.01. The molecule has 1 aliphatic rings. The summed E-state index contributed by atoms with van der Waals surface area (Å²) in [7, 11) is 0. The van der Waals surface area contributed by atoms with Gasteiger partial charge in [0.2, 0.25) is 5.89 Å². The Morgan fingerprint density at radius 3 is 2.82 bits per heavy atom. The summed E-state index contributed by atoms with van der Waals surface area (Å²) in [6.07, 6.45) is 4.72. The van der Waals surface area contributed by atoms with Gasteiger partial charge in [0.1, 0.15) is 0 Å². The molecule has 0 radical (unpaired) electrons. The molecule has 1 heterocycles. The normalized spacial score (nSPS) is 29.8. The Balaban J connectivity index is 2.08. The minimum Gasteiger partial charge on any atom is -0.389 e. The second-order valence-electron chi connectivity index (χ2n) is 5.63. The highest BCUT2D eigenvalue weighted by Crippen LogP contribution is 2.35. The third kappa shape index (κ3) is 2.68. The van der Waals surface area contributed by atoms with E-state index in [4.69, 9.17) is 4.52 Å². The lowest BCUT2D eigenvalue weighted by atomic mass is 9.74. The van der Waals surface area contributed by atoms with E-state index in [0.29, 0.717) is 18.2 Å². The molecule has 1 fully saturated rings. The summed E-state index contributed by atoms with van der Waals surface area (Å²) in [5.74, 6) is 1.88. The molecule has 1 aromatic rings. The zero-order chi connectivity index (χ0) is 12.5. The number of aliphatic hydroxyl groups is 1. The minimum absolute atomic E-state index is 0.269. The van der Waals surface area contributed by atoms with Crippen LogP contribution in [-0.2, 0) is 6.42 Å². The van der Waals surface area contributed by atoms with E-state index in [1.807, 2.05) is 13.8 Å². The Morgan fingerprint density at radius 2 is 2.24 bits per heavy atom. The Kier molecular flexibility index (Phi) is 3.52. The fourth-order valence-corrected chi connectivity index (χ4v) is 2.50. The molecule has 0 aromatic carbocycles. The van der Waals surface area contributed by atoms with Gasteiger partial charge in [-0.15, -0.1) is 0 Å². The van der Waals surface area contributed by atoms with Gasteiger partial charge in [-0.3, -0.25) is 0 Å². The lowest BCUT2D eigenvalue weighted by Gasteiger charge is -2.37. The summed E-state index contributed by atoms with van der Waals surface area (Å²) in [5.41, 5.74) is -0.654. The van der Waals surface area contributed by atoms with Crippen molar-refractivity contribution in [3.8, 4) is 0 Å². The summed E-state index contributed by atoms with van der Waals surface area (Å²) in [6, 6.07) is 0. The lowest BCUT2D eigenvalue weighted by molar-refractivity contribution is -0.0456. The number of hydrogen-bond acceptors (Lipinski definition) is 4. The summed E-state index contributed by atoms with van der Waals surface area (Å²) < 4.78 is 5.22. The topological polar surface area (TPSA) is 59.2 Å². The molecule has 4 heteroatoms. The maximum absolute atomic E-state index is 10.6. The van der Waals surface area contributed by atoms with Crippen LogP contribution in [0.4, 0.5) is 0 Å². The van der Waals surface area contributed by atoms with E-state index in [9.17, 15) is 5.11 Å².